The van der Waals surface area contributed by atoms with Crippen LogP contribution < -0.4 is 0 Å². The van der Waals surface area contributed by atoms with Gasteiger partial charge in [-0.25, -0.2) is 0 Å². The fourth-order valence-corrected chi connectivity index (χ4v) is 2.40. The SMILES string of the molecule is Cc1ccc(Br)c(C(O)c2cccc(C(F)(F)F)c2)c1. The van der Waals surface area contributed by atoms with Gasteiger partial charge in [-0.1, -0.05) is 45.8 Å². The van der Waals surface area contributed by atoms with Gasteiger partial charge in [-0.2, -0.15) is 13.2 Å². The molecule has 0 saturated heterocycles. The summed E-state index contributed by atoms with van der Waals surface area (Å²) in [4.78, 5) is 0. The number of alkyl halides is 3. The van der Waals surface area contributed by atoms with Gasteiger partial charge < -0.3 is 5.11 Å². The number of aliphatic hydroxyl groups is 1. The van der Waals surface area contributed by atoms with E-state index in [1.54, 1.807) is 12.1 Å². The lowest BCUT2D eigenvalue weighted by Gasteiger charge is -2.16. The minimum atomic E-state index is -4.42. The van der Waals surface area contributed by atoms with Crippen molar-refractivity contribution in [1.82, 2.24) is 0 Å². The summed E-state index contributed by atoms with van der Waals surface area (Å²) >= 11 is 3.30. The smallest absolute Gasteiger partial charge is 0.384 e. The molecular weight excluding hydrogens is 333 g/mol. The molecule has 0 fully saturated rings. The van der Waals surface area contributed by atoms with Gasteiger partial charge >= 0.3 is 6.18 Å². The molecule has 5 heteroatoms. The van der Waals surface area contributed by atoms with E-state index in [4.69, 9.17) is 0 Å². The number of rotatable bonds is 2. The van der Waals surface area contributed by atoms with Gasteiger partial charge in [-0.05, 0) is 36.2 Å². The number of aliphatic hydroxyl groups excluding tert-OH is 1. The van der Waals surface area contributed by atoms with Crippen molar-refractivity contribution in [2.24, 2.45) is 0 Å². The Morgan fingerprint density at radius 3 is 2.45 bits per heavy atom. The van der Waals surface area contributed by atoms with Crippen molar-refractivity contribution in [1.29, 1.82) is 0 Å². The van der Waals surface area contributed by atoms with Crippen LogP contribution >= 0.6 is 15.9 Å². The lowest BCUT2D eigenvalue weighted by Crippen LogP contribution is -2.07. The minimum absolute atomic E-state index is 0.214. The molecule has 0 heterocycles. The first-order valence-corrected chi connectivity index (χ1v) is 6.69. The Hall–Kier alpha value is -1.33. The summed E-state index contributed by atoms with van der Waals surface area (Å²) in [6.45, 7) is 1.86. The van der Waals surface area contributed by atoms with Crippen LogP contribution in [0, 0.1) is 6.92 Å². The van der Waals surface area contributed by atoms with E-state index >= 15 is 0 Å². The fourth-order valence-electron chi connectivity index (χ4n) is 1.94. The zero-order valence-corrected chi connectivity index (χ0v) is 12.2. The standard InChI is InChI=1S/C15H12BrF3O/c1-9-5-6-13(16)12(7-9)14(20)10-3-2-4-11(8-10)15(17,18)19/h2-8,14,20H,1H3. The summed E-state index contributed by atoms with van der Waals surface area (Å²) in [5.74, 6) is 0. The maximum absolute atomic E-state index is 12.7. The molecule has 106 valence electrons. The highest BCUT2D eigenvalue weighted by molar-refractivity contribution is 9.10. The molecule has 0 aliphatic carbocycles. The molecule has 0 aliphatic heterocycles. The summed E-state index contributed by atoms with van der Waals surface area (Å²) in [5.41, 5.74) is 0.919. The number of aryl methyl sites for hydroxylation is 1. The van der Waals surface area contributed by atoms with Gasteiger partial charge in [0, 0.05) is 4.47 Å². The van der Waals surface area contributed by atoms with Crippen LogP contribution in [0.25, 0.3) is 0 Å². The Kier molecular flexibility index (Phi) is 4.20. The highest BCUT2D eigenvalue weighted by Gasteiger charge is 2.31. The van der Waals surface area contributed by atoms with Crippen LogP contribution in [0.3, 0.4) is 0 Å². The van der Waals surface area contributed by atoms with Crippen LogP contribution in [0.5, 0.6) is 0 Å². The van der Waals surface area contributed by atoms with Crippen molar-refractivity contribution in [3.05, 3.63) is 69.2 Å². The number of hydrogen-bond acceptors (Lipinski definition) is 1. The average Bonchev–Trinajstić information content (AvgIpc) is 2.40. The zero-order chi connectivity index (χ0) is 14.9. The second-order valence-corrected chi connectivity index (χ2v) is 5.41. The molecule has 2 rings (SSSR count). The molecule has 2 aromatic rings. The summed E-state index contributed by atoms with van der Waals surface area (Å²) in [5, 5.41) is 10.3. The van der Waals surface area contributed by atoms with Gasteiger partial charge in [0.05, 0.1) is 5.56 Å². The molecular formula is C15H12BrF3O. The topological polar surface area (TPSA) is 20.2 Å². The summed E-state index contributed by atoms with van der Waals surface area (Å²) in [6.07, 6.45) is -5.52. The molecule has 0 saturated carbocycles. The molecule has 1 atom stereocenters. The third kappa shape index (κ3) is 3.22. The monoisotopic (exact) mass is 344 g/mol. The normalized spacial score (nSPS) is 13.3. The van der Waals surface area contributed by atoms with E-state index in [9.17, 15) is 18.3 Å². The molecule has 1 N–H and O–H groups in total. The molecule has 0 spiro atoms. The first kappa shape index (κ1) is 15.1. The lowest BCUT2D eigenvalue weighted by atomic mass is 9.98. The van der Waals surface area contributed by atoms with Crippen molar-refractivity contribution in [3.8, 4) is 0 Å². The first-order valence-electron chi connectivity index (χ1n) is 5.90. The molecule has 0 bridgehead atoms. The van der Waals surface area contributed by atoms with Gasteiger partial charge in [-0.3, -0.25) is 0 Å². The second kappa shape index (κ2) is 5.58. The average molecular weight is 345 g/mol. The predicted octanol–water partition coefficient (Wildman–Crippen LogP) is 4.86. The molecule has 20 heavy (non-hydrogen) atoms. The van der Waals surface area contributed by atoms with Crippen molar-refractivity contribution in [2.75, 3.05) is 0 Å². The molecule has 2 aromatic carbocycles. The Morgan fingerprint density at radius 2 is 1.80 bits per heavy atom. The Morgan fingerprint density at radius 1 is 1.10 bits per heavy atom. The summed E-state index contributed by atoms with van der Waals surface area (Å²) in [7, 11) is 0. The largest absolute Gasteiger partial charge is 0.416 e. The van der Waals surface area contributed by atoms with E-state index in [0.29, 0.717) is 10.0 Å². The molecule has 0 aliphatic rings. The van der Waals surface area contributed by atoms with Crippen molar-refractivity contribution < 1.29 is 18.3 Å². The quantitative estimate of drug-likeness (QED) is 0.824. The molecule has 0 aromatic heterocycles. The van der Waals surface area contributed by atoms with Crippen LogP contribution in [0.2, 0.25) is 0 Å². The van der Waals surface area contributed by atoms with Crippen LogP contribution in [-0.2, 0) is 6.18 Å². The van der Waals surface area contributed by atoms with Crippen molar-refractivity contribution >= 4 is 15.9 Å². The fraction of sp³-hybridized carbons (Fsp3) is 0.200. The Bertz CT molecular complexity index is 623. The van der Waals surface area contributed by atoms with Crippen molar-refractivity contribution in [3.63, 3.8) is 0 Å². The first-order chi connectivity index (χ1) is 9.29. The third-order valence-electron chi connectivity index (χ3n) is 2.98. The lowest BCUT2D eigenvalue weighted by molar-refractivity contribution is -0.137. The molecule has 0 radical (unpaired) electrons. The number of halogens is 4. The van der Waals surface area contributed by atoms with Crippen LogP contribution in [0.4, 0.5) is 13.2 Å². The highest BCUT2D eigenvalue weighted by Crippen LogP contribution is 2.34. The Labute approximate surface area is 123 Å². The van der Waals surface area contributed by atoms with E-state index < -0.39 is 17.8 Å². The van der Waals surface area contributed by atoms with Gasteiger partial charge in [0.2, 0.25) is 0 Å². The van der Waals surface area contributed by atoms with Crippen LogP contribution in [0.1, 0.15) is 28.4 Å². The zero-order valence-electron chi connectivity index (χ0n) is 10.6. The predicted molar refractivity (Wildman–Crippen MR) is 74.4 cm³/mol. The Balaban J connectivity index is 2.43. The van der Waals surface area contributed by atoms with Gasteiger partial charge in [0.25, 0.3) is 0 Å². The van der Waals surface area contributed by atoms with Gasteiger partial charge in [-0.15, -0.1) is 0 Å². The maximum atomic E-state index is 12.7. The number of benzene rings is 2. The van der Waals surface area contributed by atoms with E-state index in [1.165, 1.54) is 12.1 Å². The molecule has 1 unspecified atom stereocenters. The van der Waals surface area contributed by atoms with Gasteiger partial charge in [0.1, 0.15) is 6.10 Å². The van der Waals surface area contributed by atoms with Crippen molar-refractivity contribution in [2.45, 2.75) is 19.2 Å². The van der Waals surface area contributed by atoms with E-state index in [1.807, 2.05) is 13.0 Å². The van der Waals surface area contributed by atoms with E-state index in [0.717, 1.165) is 17.7 Å². The maximum Gasteiger partial charge on any atom is 0.416 e. The molecule has 0 amide bonds. The summed E-state index contributed by atoms with van der Waals surface area (Å²) in [6, 6.07) is 10.1. The third-order valence-corrected chi connectivity index (χ3v) is 3.70. The van der Waals surface area contributed by atoms with E-state index in [-0.39, 0.29) is 5.56 Å². The van der Waals surface area contributed by atoms with Gasteiger partial charge in [0.15, 0.2) is 0 Å². The van der Waals surface area contributed by atoms with Crippen LogP contribution in [0.15, 0.2) is 46.9 Å². The molecule has 1 nitrogen and oxygen atoms in total. The highest BCUT2D eigenvalue weighted by atomic mass is 79.9. The minimum Gasteiger partial charge on any atom is -0.384 e. The second-order valence-electron chi connectivity index (χ2n) is 4.55. The van der Waals surface area contributed by atoms with Crippen LogP contribution in [-0.4, -0.2) is 5.11 Å². The summed E-state index contributed by atoms with van der Waals surface area (Å²) < 4.78 is 38.7. The van der Waals surface area contributed by atoms with E-state index in [2.05, 4.69) is 15.9 Å². The number of hydrogen-bond donors (Lipinski definition) is 1.